The molecule has 4 nitrogen and oxygen atoms in total. The van der Waals surface area contributed by atoms with Crippen molar-refractivity contribution < 1.29 is 9.18 Å². The van der Waals surface area contributed by atoms with Gasteiger partial charge in [-0.05, 0) is 48.9 Å². The summed E-state index contributed by atoms with van der Waals surface area (Å²) in [5, 5.41) is 8.47. The van der Waals surface area contributed by atoms with Crippen LogP contribution in [-0.4, -0.2) is 21.3 Å². The van der Waals surface area contributed by atoms with Gasteiger partial charge in [-0.1, -0.05) is 22.9 Å². The average Bonchev–Trinajstić information content (AvgIpc) is 2.95. The number of benzene rings is 2. The Balaban J connectivity index is 2.20. The summed E-state index contributed by atoms with van der Waals surface area (Å²) in [4.78, 5) is 11.2. The predicted octanol–water partition coefficient (Wildman–Crippen LogP) is 3.85. The lowest BCUT2D eigenvalue weighted by atomic mass is 10.1. The number of nitrogens with zero attached hydrogens (tertiary/aromatic N) is 3. The van der Waals surface area contributed by atoms with Crippen LogP contribution in [-0.2, 0) is 0 Å². The molecule has 0 amide bonds. The van der Waals surface area contributed by atoms with Crippen molar-refractivity contribution in [1.29, 1.82) is 0 Å². The normalized spacial score (nSPS) is 10.7. The minimum absolute atomic E-state index is 0.184. The molecular weight excluding hydrogens is 305 g/mol. The molecule has 110 valence electrons. The van der Waals surface area contributed by atoms with Gasteiger partial charge in [-0.15, -0.1) is 5.10 Å². The van der Waals surface area contributed by atoms with Gasteiger partial charge in [-0.25, -0.2) is 9.07 Å². The third kappa shape index (κ3) is 2.51. The number of halogens is 2. The standard InChI is InChI=1S/C16H11ClFN3O/c1-10-2-7-13(8-14(10)17)21-16(15(9-22)19-20-21)11-3-5-12(18)6-4-11/h2-9H,1H3. The molecule has 0 N–H and O–H groups in total. The van der Waals surface area contributed by atoms with E-state index < -0.39 is 0 Å². The van der Waals surface area contributed by atoms with E-state index in [0.29, 0.717) is 28.3 Å². The molecule has 3 aromatic rings. The van der Waals surface area contributed by atoms with E-state index in [1.165, 1.54) is 16.8 Å². The Morgan fingerprint density at radius 3 is 2.55 bits per heavy atom. The summed E-state index contributed by atoms with van der Waals surface area (Å²) in [6, 6.07) is 11.2. The van der Waals surface area contributed by atoms with Crippen LogP contribution in [0, 0.1) is 12.7 Å². The molecule has 0 unspecified atom stereocenters. The molecule has 0 aliphatic heterocycles. The van der Waals surface area contributed by atoms with Crippen molar-refractivity contribution >= 4 is 17.9 Å². The van der Waals surface area contributed by atoms with E-state index in [-0.39, 0.29) is 11.5 Å². The van der Waals surface area contributed by atoms with Gasteiger partial charge in [0, 0.05) is 10.6 Å². The predicted molar refractivity (Wildman–Crippen MR) is 81.9 cm³/mol. The van der Waals surface area contributed by atoms with Crippen molar-refractivity contribution in [1.82, 2.24) is 15.0 Å². The minimum atomic E-state index is -0.353. The lowest BCUT2D eigenvalue weighted by Gasteiger charge is -2.08. The van der Waals surface area contributed by atoms with E-state index in [1.807, 2.05) is 19.1 Å². The Morgan fingerprint density at radius 2 is 1.91 bits per heavy atom. The Labute approximate surface area is 131 Å². The van der Waals surface area contributed by atoms with Crippen LogP contribution in [0.4, 0.5) is 4.39 Å². The topological polar surface area (TPSA) is 47.8 Å². The fourth-order valence-electron chi connectivity index (χ4n) is 2.15. The van der Waals surface area contributed by atoms with Crippen molar-refractivity contribution in [2.75, 3.05) is 0 Å². The number of hydrogen-bond donors (Lipinski definition) is 0. The molecule has 0 aliphatic rings. The van der Waals surface area contributed by atoms with Crippen molar-refractivity contribution in [2.24, 2.45) is 0 Å². The molecule has 2 aromatic carbocycles. The van der Waals surface area contributed by atoms with E-state index in [0.717, 1.165) is 5.56 Å². The monoisotopic (exact) mass is 315 g/mol. The largest absolute Gasteiger partial charge is 0.296 e. The third-order valence-corrected chi connectivity index (χ3v) is 3.73. The minimum Gasteiger partial charge on any atom is -0.296 e. The Morgan fingerprint density at radius 1 is 1.18 bits per heavy atom. The summed E-state index contributed by atoms with van der Waals surface area (Å²) in [6.45, 7) is 1.89. The molecule has 22 heavy (non-hydrogen) atoms. The molecule has 0 saturated heterocycles. The highest BCUT2D eigenvalue weighted by molar-refractivity contribution is 6.31. The van der Waals surface area contributed by atoms with E-state index >= 15 is 0 Å². The molecule has 0 aliphatic carbocycles. The van der Waals surface area contributed by atoms with Gasteiger partial charge in [0.05, 0.1) is 5.69 Å². The summed E-state index contributed by atoms with van der Waals surface area (Å²) < 4.78 is 14.6. The lowest BCUT2D eigenvalue weighted by Crippen LogP contribution is -2.00. The first-order valence-electron chi connectivity index (χ1n) is 6.53. The first kappa shape index (κ1) is 14.4. The van der Waals surface area contributed by atoms with E-state index in [1.54, 1.807) is 18.2 Å². The average molecular weight is 316 g/mol. The Hall–Kier alpha value is -2.53. The molecule has 1 aromatic heterocycles. The van der Waals surface area contributed by atoms with Crippen molar-refractivity contribution in [3.63, 3.8) is 0 Å². The number of aryl methyl sites for hydroxylation is 1. The lowest BCUT2D eigenvalue weighted by molar-refractivity contribution is 0.111. The zero-order chi connectivity index (χ0) is 15.7. The van der Waals surface area contributed by atoms with Gasteiger partial charge < -0.3 is 0 Å². The van der Waals surface area contributed by atoms with Gasteiger partial charge in [0.15, 0.2) is 12.0 Å². The highest BCUT2D eigenvalue weighted by Crippen LogP contribution is 2.26. The summed E-state index contributed by atoms with van der Waals surface area (Å²) in [6.07, 6.45) is 0.623. The molecule has 1 heterocycles. The second kappa shape index (κ2) is 5.69. The van der Waals surface area contributed by atoms with Crippen LogP contribution in [0.3, 0.4) is 0 Å². The van der Waals surface area contributed by atoms with Gasteiger partial charge >= 0.3 is 0 Å². The number of aldehydes is 1. The smallest absolute Gasteiger partial charge is 0.172 e. The molecule has 0 fully saturated rings. The zero-order valence-electron chi connectivity index (χ0n) is 11.6. The summed E-state index contributed by atoms with van der Waals surface area (Å²) in [7, 11) is 0. The number of hydrogen-bond acceptors (Lipinski definition) is 3. The van der Waals surface area contributed by atoms with Crippen molar-refractivity contribution in [2.45, 2.75) is 6.92 Å². The molecular formula is C16H11ClFN3O. The van der Waals surface area contributed by atoms with Crippen LogP contribution in [0.1, 0.15) is 16.1 Å². The summed E-state index contributed by atoms with van der Waals surface area (Å²) in [5.41, 5.74) is 2.93. The molecule has 0 spiro atoms. The quantitative estimate of drug-likeness (QED) is 0.690. The first-order valence-corrected chi connectivity index (χ1v) is 6.91. The van der Waals surface area contributed by atoms with Gasteiger partial charge in [0.25, 0.3) is 0 Å². The van der Waals surface area contributed by atoms with Crippen LogP contribution in [0.15, 0.2) is 42.5 Å². The summed E-state index contributed by atoms with van der Waals surface area (Å²) in [5.74, 6) is -0.353. The molecule has 0 atom stereocenters. The van der Waals surface area contributed by atoms with Crippen LogP contribution in [0.25, 0.3) is 16.9 Å². The SMILES string of the molecule is Cc1ccc(-n2nnc(C=O)c2-c2ccc(F)cc2)cc1Cl. The van der Waals surface area contributed by atoms with Gasteiger partial charge in [0.2, 0.25) is 0 Å². The Bertz CT molecular complexity index is 843. The second-order valence-electron chi connectivity index (χ2n) is 4.79. The zero-order valence-corrected chi connectivity index (χ0v) is 12.4. The van der Waals surface area contributed by atoms with Crippen molar-refractivity contribution in [3.8, 4) is 16.9 Å². The van der Waals surface area contributed by atoms with E-state index in [2.05, 4.69) is 10.3 Å². The first-order chi connectivity index (χ1) is 10.6. The number of carbonyl (C=O) groups excluding carboxylic acids is 1. The fourth-order valence-corrected chi connectivity index (χ4v) is 2.32. The highest BCUT2D eigenvalue weighted by atomic mass is 35.5. The van der Waals surface area contributed by atoms with Crippen LogP contribution in [0.5, 0.6) is 0 Å². The fraction of sp³-hybridized carbons (Fsp3) is 0.0625. The Kier molecular flexibility index (Phi) is 3.73. The maximum absolute atomic E-state index is 13.1. The highest BCUT2D eigenvalue weighted by Gasteiger charge is 2.16. The van der Waals surface area contributed by atoms with Crippen LogP contribution < -0.4 is 0 Å². The maximum Gasteiger partial charge on any atom is 0.172 e. The number of aromatic nitrogens is 3. The summed E-state index contributed by atoms with van der Waals surface area (Å²) >= 11 is 6.14. The van der Waals surface area contributed by atoms with E-state index in [4.69, 9.17) is 11.6 Å². The van der Waals surface area contributed by atoms with E-state index in [9.17, 15) is 9.18 Å². The molecule has 3 rings (SSSR count). The molecule has 0 radical (unpaired) electrons. The van der Waals surface area contributed by atoms with Crippen molar-refractivity contribution in [3.05, 3.63) is 64.6 Å². The van der Waals surface area contributed by atoms with Crippen LogP contribution in [0.2, 0.25) is 5.02 Å². The number of rotatable bonds is 3. The van der Waals surface area contributed by atoms with Gasteiger partial charge in [-0.2, -0.15) is 0 Å². The van der Waals surface area contributed by atoms with Gasteiger partial charge in [0.1, 0.15) is 11.5 Å². The molecule has 0 bridgehead atoms. The third-order valence-electron chi connectivity index (χ3n) is 3.33. The maximum atomic E-state index is 13.1. The van der Waals surface area contributed by atoms with Crippen LogP contribution >= 0.6 is 11.6 Å². The number of carbonyl (C=O) groups is 1. The van der Waals surface area contributed by atoms with Gasteiger partial charge in [-0.3, -0.25) is 4.79 Å². The second-order valence-corrected chi connectivity index (χ2v) is 5.20. The molecule has 6 heteroatoms. The molecule has 0 saturated carbocycles.